The zero-order valence-corrected chi connectivity index (χ0v) is 13.0. The molecular formula is C15H12BrN3O2. The first-order valence-corrected chi connectivity index (χ1v) is 7.13. The first kappa shape index (κ1) is 13.8. The molecule has 0 radical (unpaired) electrons. The molecule has 0 atom stereocenters. The fourth-order valence-corrected chi connectivity index (χ4v) is 2.60. The van der Waals surface area contributed by atoms with Crippen LogP contribution in [-0.4, -0.2) is 25.8 Å². The van der Waals surface area contributed by atoms with Gasteiger partial charge in [0.15, 0.2) is 0 Å². The van der Waals surface area contributed by atoms with E-state index in [-0.39, 0.29) is 5.56 Å². The Bertz CT molecular complexity index is 871. The van der Waals surface area contributed by atoms with Gasteiger partial charge in [-0.05, 0) is 35.8 Å². The monoisotopic (exact) mass is 345 g/mol. The molecule has 2 heterocycles. The van der Waals surface area contributed by atoms with Crippen molar-refractivity contribution < 1.29 is 9.90 Å². The SMILES string of the molecule is Cc1nn(-c2c(C(=O)O)cnc3ccccc23)c(C)c1Br. The number of hydrogen-bond donors (Lipinski definition) is 1. The highest BCUT2D eigenvalue weighted by Crippen LogP contribution is 2.29. The maximum absolute atomic E-state index is 11.5. The van der Waals surface area contributed by atoms with E-state index in [4.69, 9.17) is 0 Å². The number of pyridine rings is 1. The predicted octanol–water partition coefficient (Wildman–Crippen LogP) is 3.50. The molecule has 0 amide bonds. The first-order valence-electron chi connectivity index (χ1n) is 6.34. The number of aromatic carboxylic acids is 1. The average molecular weight is 346 g/mol. The van der Waals surface area contributed by atoms with E-state index in [0.29, 0.717) is 5.69 Å². The third-order valence-corrected chi connectivity index (χ3v) is 4.54. The minimum Gasteiger partial charge on any atom is -0.478 e. The molecular weight excluding hydrogens is 334 g/mol. The number of carbonyl (C=O) groups is 1. The molecule has 6 heteroatoms. The molecule has 0 spiro atoms. The largest absolute Gasteiger partial charge is 0.478 e. The maximum atomic E-state index is 11.5. The number of nitrogens with zero attached hydrogens (tertiary/aromatic N) is 3. The van der Waals surface area contributed by atoms with Crippen molar-refractivity contribution in [2.45, 2.75) is 13.8 Å². The summed E-state index contributed by atoms with van der Waals surface area (Å²) >= 11 is 3.48. The summed E-state index contributed by atoms with van der Waals surface area (Å²) < 4.78 is 2.53. The van der Waals surface area contributed by atoms with Crippen LogP contribution in [0.15, 0.2) is 34.9 Å². The Morgan fingerprint density at radius 3 is 2.62 bits per heavy atom. The van der Waals surface area contributed by atoms with E-state index in [1.54, 1.807) is 4.68 Å². The standard InChI is InChI=1S/C15H12BrN3O2/c1-8-13(16)9(2)19(18-8)14-10-5-3-4-6-12(10)17-7-11(14)15(20)21/h3-7H,1-2H3,(H,20,21). The molecule has 0 bridgehead atoms. The Kier molecular flexibility index (Phi) is 3.25. The summed E-state index contributed by atoms with van der Waals surface area (Å²) in [4.78, 5) is 15.8. The van der Waals surface area contributed by atoms with E-state index in [0.717, 1.165) is 26.8 Å². The van der Waals surface area contributed by atoms with Crippen molar-refractivity contribution in [1.29, 1.82) is 0 Å². The topological polar surface area (TPSA) is 68.0 Å². The number of para-hydroxylation sites is 1. The van der Waals surface area contributed by atoms with Crippen LogP contribution >= 0.6 is 15.9 Å². The van der Waals surface area contributed by atoms with Gasteiger partial charge in [-0.3, -0.25) is 4.98 Å². The smallest absolute Gasteiger partial charge is 0.339 e. The van der Waals surface area contributed by atoms with E-state index < -0.39 is 5.97 Å². The Morgan fingerprint density at radius 2 is 2.00 bits per heavy atom. The first-order chi connectivity index (χ1) is 10.0. The van der Waals surface area contributed by atoms with E-state index in [1.165, 1.54) is 6.20 Å². The van der Waals surface area contributed by atoms with E-state index in [9.17, 15) is 9.90 Å². The number of aryl methyl sites for hydroxylation is 1. The Balaban J connectivity index is 2.46. The molecule has 3 rings (SSSR count). The van der Waals surface area contributed by atoms with Gasteiger partial charge in [-0.25, -0.2) is 9.48 Å². The number of carboxylic acid groups (broad SMARTS) is 1. The number of halogens is 1. The third kappa shape index (κ3) is 2.12. The van der Waals surface area contributed by atoms with Crippen molar-refractivity contribution in [2.75, 3.05) is 0 Å². The highest BCUT2D eigenvalue weighted by atomic mass is 79.9. The van der Waals surface area contributed by atoms with Gasteiger partial charge in [0.2, 0.25) is 0 Å². The molecule has 3 aromatic rings. The lowest BCUT2D eigenvalue weighted by atomic mass is 10.1. The van der Waals surface area contributed by atoms with Gasteiger partial charge in [0.25, 0.3) is 0 Å². The molecule has 2 aromatic heterocycles. The summed E-state index contributed by atoms with van der Waals surface area (Å²) in [5.74, 6) is -1.02. The summed E-state index contributed by atoms with van der Waals surface area (Å²) in [7, 11) is 0. The average Bonchev–Trinajstić information content (AvgIpc) is 2.73. The van der Waals surface area contributed by atoms with Crippen LogP contribution in [0.4, 0.5) is 0 Å². The molecule has 1 aromatic carbocycles. The van der Waals surface area contributed by atoms with Crippen LogP contribution in [-0.2, 0) is 0 Å². The van der Waals surface area contributed by atoms with Crippen LogP contribution in [0, 0.1) is 13.8 Å². The number of rotatable bonds is 2. The van der Waals surface area contributed by atoms with Crippen LogP contribution in [0.5, 0.6) is 0 Å². The molecule has 106 valence electrons. The summed E-state index contributed by atoms with van der Waals surface area (Å²) in [6, 6.07) is 7.44. The highest BCUT2D eigenvalue weighted by molar-refractivity contribution is 9.10. The van der Waals surface area contributed by atoms with Crippen molar-refractivity contribution in [3.05, 3.63) is 51.9 Å². The van der Waals surface area contributed by atoms with Gasteiger partial charge in [-0.2, -0.15) is 5.10 Å². The number of carboxylic acids is 1. The number of fused-ring (bicyclic) bond motifs is 1. The van der Waals surface area contributed by atoms with E-state index >= 15 is 0 Å². The normalized spacial score (nSPS) is 11.0. The highest BCUT2D eigenvalue weighted by Gasteiger charge is 2.20. The molecule has 0 unspecified atom stereocenters. The van der Waals surface area contributed by atoms with Gasteiger partial charge in [0.05, 0.1) is 27.1 Å². The molecule has 0 aliphatic rings. The Morgan fingerprint density at radius 1 is 1.29 bits per heavy atom. The summed E-state index contributed by atoms with van der Waals surface area (Å²) in [5, 5.41) is 14.7. The minimum absolute atomic E-state index is 0.131. The lowest BCUT2D eigenvalue weighted by Gasteiger charge is -2.11. The zero-order chi connectivity index (χ0) is 15.1. The molecule has 0 aliphatic carbocycles. The van der Waals surface area contributed by atoms with E-state index in [2.05, 4.69) is 26.0 Å². The second-order valence-corrected chi connectivity index (χ2v) is 5.53. The second-order valence-electron chi connectivity index (χ2n) is 4.74. The van der Waals surface area contributed by atoms with Crippen molar-refractivity contribution in [1.82, 2.24) is 14.8 Å². The lowest BCUT2D eigenvalue weighted by Crippen LogP contribution is -2.09. The van der Waals surface area contributed by atoms with Crippen molar-refractivity contribution >= 4 is 32.8 Å². The maximum Gasteiger partial charge on any atom is 0.339 e. The minimum atomic E-state index is -1.02. The molecule has 5 nitrogen and oxygen atoms in total. The molecule has 0 saturated carbocycles. The van der Waals surface area contributed by atoms with Crippen molar-refractivity contribution in [3.8, 4) is 5.69 Å². The van der Waals surface area contributed by atoms with Gasteiger partial charge in [-0.1, -0.05) is 18.2 Å². The third-order valence-electron chi connectivity index (χ3n) is 3.39. The molecule has 0 aliphatic heterocycles. The summed E-state index contributed by atoms with van der Waals surface area (Å²) in [5.41, 5.74) is 3.07. The number of hydrogen-bond acceptors (Lipinski definition) is 3. The quantitative estimate of drug-likeness (QED) is 0.771. The van der Waals surface area contributed by atoms with Crippen LogP contribution in [0.25, 0.3) is 16.6 Å². The molecule has 1 N–H and O–H groups in total. The zero-order valence-electron chi connectivity index (χ0n) is 11.5. The summed E-state index contributed by atoms with van der Waals surface area (Å²) in [6.45, 7) is 3.77. The number of benzene rings is 1. The van der Waals surface area contributed by atoms with Crippen molar-refractivity contribution in [3.63, 3.8) is 0 Å². The van der Waals surface area contributed by atoms with Crippen LogP contribution in [0.1, 0.15) is 21.7 Å². The van der Waals surface area contributed by atoms with Gasteiger partial charge >= 0.3 is 5.97 Å². The van der Waals surface area contributed by atoms with Gasteiger partial charge in [0.1, 0.15) is 5.56 Å². The van der Waals surface area contributed by atoms with Crippen LogP contribution in [0.2, 0.25) is 0 Å². The lowest BCUT2D eigenvalue weighted by molar-refractivity contribution is 0.0696. The predicted molar refractivity (Wildman–Crippen MR) is 83.0 cm³/mol. The molecule has 0 saturated heterocycles. The Labute approximate surface area is 129 Å². The summed E-state index contributed by atoms with van der Waals surface area (Å²) in [6.07, 6.45) is 1.38. The fourth-order valence-electron chi connectivity index (χ4n) is 2.35. The van der Waals surface area contributed by atoms with Gasteiger partial charge in [-0.15, -0.1) is 0 Å². The van der Waals surface area contributed by atoms with Crippen molar-refractivity contribution in [2.24, 2.45) is 0 Å². The number of aromatic nitrogens is 3. The van der Waals surface area contributed by atoms with Crippen LogP contribution in [0.3, 0.4) is 0 Å². The van der Waals surface area contributed by atoms with Crippen LogP contribution < -0.4 is 0 Å². The van der Waals surface area contributed by atoms with Gasteiger partial charge in [0, 0.05) is 11.6 Å². The van der Waals surface area contributed by atoms with E-state index in [1.807, 2.05) is 38.1 Å². The van der Waals surface area contributed by atoms with Gasteiger partial charge < -0.3 is 5.11 Å². The molecule has 0 fully saturated rings. The molecule has 21 heavy (non-hydrogen) atoms. The Hall–Kier alpha value is -2.21. The fraction of sp³-hybridized carbons (Fsp3) is 0.133. The second kappa shape index (κ2) is 4.96.